The number of aromatic nitrogens is 1. The van der Waals surface area contributed by atoms with Gasteiger partial charge in [-0.1, -0.05) is 77.0 Å². The third-order valence-corrected chi connectivity index (χ3v) is 6.18. The van der Waals surface area contributed by atoms with E-state index in [1.165, 1.54) is 18.4 Å². The van der Waals surface area contributed by atoms with E-state index in [1.807, 2.05) is 42.5 Å². The van der Waals surface area contributed by atoms with E-state index < -0.39 is 11.9 Å². The van der Waals surface area contributed by atoms with Crippen LogP contribution >= 0.6 is 34.5 Å². The highest BCUT2D eigenvalue weighted by Gasteiger charge is 2.16. The molecule has 0 aliphatic carbocycles. The molecule has 0 spiro atoms. The molecule has 0 radical (unpaired) electrons. The van der Waals surface area contributed by atoms with Crippen LogP contribution < -0.4 is 4.80 Å². The molecule has 5 nitrogen and oxygen atoms in total. The number of methoxy groups -OCH3 is 1. The van der Waals surface area contributed by atoms with Crippen LogP contribution in [-0.4, -0.2) is 23.6 Å². The number of carbonyl (C=O) groups is 2. The number of carbonyl (C=O) groups excluding carboxylic acids is 2. The number of esters is 1. The average molecular weight is 471 g/mol. The van der Waals surface area contributed by atoms with E-state index in [0.717, 1.165) is 11.1 Å². The first-order valence-corrected chi connectivity index (χ1v) is 10.8. The lowest BCUT2D eigenvalue weighted by Gasteiger charge is -2.05. The lowest BCUT2D eigenvalue weighted by Crippen LogP contribution is -2.22. The van der Waals surface area contributed by atoms with Crippen LogP contribution in [0.2, 0.25) is 10.0 Å². The Hall–Kier alpha value is -2.93. The van der Waals surface area contributed by atoms with Gasteiger partial charge in [0.05, 0.1) is 22.3 Å². The smallest absolute Gasteiger partial charge is 0.325 e. The minimum Gasteiger partial charge on any atom is -0.468 e. The van der Waals surface area contributed by atoms with Crippen LogP contribution in [0.4, 0.5) is 0 Å². The molecule has 1 aromatic heterocycles. The second kappa shape index (κ2) is 9.06. The molecule has 0 unspecified atom stereocenters. The van der Waals surface area contributed by atoms with Crippen molar-refractivity contribution in [1.82, 2.24) is 4.57 Å². The maximum atomic E-state index is 12.8. The summed E-state index contributed by atoms with van der Waals surface area (Å²) in [5.41, 5.74) is 3.07. The predicted molar refractivity (Wildman–Crippen MR) is 124 cm³/mol. The molecule has 4 aromatic rings. The molecule has 0 N–H and O–H groups in total. The van der Waals surface area contributed by atoms with Crippen molar-refractivity contribution in [2.45, 2.75) is 6.54 Å². The van der Waals surface area contributed by atoms with Crippen LogP contribution in [0.1, 0.15) is 10.4 Å². The topological polar surface area (TPSA) is 60.7 Å². The van der Waals surface area contributed by atoms with Crippen LogP contribution in [-0.2, 0) is 16.1 Å². The van der Waals surface area contributed by atoms with Crippen molar-refractivity contribution in [1.29, 1.82) is 0 Å². The van der Waals surface area contributed by atoms with Crippen molar-refractivity contribution >= 4 is 56.6 Å². The first-order chi connectivity index (χ1) is 15.0. The molecular weight excluding hydrogens is 455 g/mol. The van der Waals surface area contributed by atoms with Crippen molar-refractivity contribution in [3.8, 4) is 11.1 Å². The summed E-state index contributed by atoms with van der Waals surface area (Å²) >= 11 is 13.7. The molecule has 0 atom stereocenters. The van der Waals surface area contributed by atoms with Crippen LogP contribution in [0.5, 0.6) is 0 Å². The normalized spacial score (nSPS) is 11.6. The van der Waals surface area contributed by atoms with Gasteiger partial charge in [0.2, 0.25) is 0 Å². The number of thiazole rings is 1. The van der Waals surface area contributed by atoms with E-state index in [9.17, 15) is 9.59 Å². The molecule has 0 fully saturated rings. The van der Waals surface area contributed by atoms with Gasteiger partial charge in [0.25, 0.3) is 5.91 Å². The van der Waals surface area contributed by atoms with Gasteiger partial charge < -0.3 is 9.30 Å². The first-order valence-electron chi connectivity index (χ1n) is 9.26. The van der Waals surface area contributed by atoms with E-state index in [4.69, 9.17) is 27.9 Å². The number of fused-ring (bicyclic) bond motifs is 1. The molecule has 3 aromatic carbocycles. The predicted octanol–water partition coefficient (Wildman–Crippen LogP) is 5.59. The highest BCUT2D eigenvalue weighted by atomic mass is 35.5. The molecule has 1 heterocycles. The first kappa shape index (κ1) is 21.3. The summed E-state index contributed by atoms with van der Waals surface area (Å²) in [5, 5.41) is 0.821. The third kappa shape index (κ3) is 4.56. The second-order valence-corrected chi connectivity index (χ2v) is 8.49. The minimum absolute atomic E-state index is 0.128. The van der Waals surface area contributed by atoms with Crippen LogP contribution in [0.15, 0.2) is 71.7 Å². The molecule has 1 amide bonds. The molecule has 0 bridgehead atoms. The Labute approximate surface area is 192 Å². The second-order valence-electron chi connectivity index (χ2n) is 6.64. The van der Waals surface area contributed by atoms with Crippen molar-refractivity contribution in [3.05, 3.63) is 87.1 Å². The summed E-state index contributed by atoms with van der Waals surface area (Å²) in [5.74, 6) is -0.904. The fourth-order valence-corrected chi connectivity index (χ4v) is 4.95. The highest BCUT2D eigenvalue weighted by Crippen LogP contribution is 2.30. The summed E-state index contributed by atoms with van der Waals surface area (Å²) in [6, 6.07) is 20.4. The van der Waals surface area contributed by atoms with Gasteiger partial charge in [-0.05, 0) is 35.4 Å². The Morgan fingerprint density at radius 2 is 1.68 bits per heavy atom. The standard InChI is InChI=1S/C23H16Cl2N2O3S/c1-30-20(28)13-27-21-18(25)11-17(24)12-19(21)31-23(27)26-22(29)16-9-7-15(8-10-16)14-5-3-2-4-6-14/h2-12H,13H2,1H3. The Morgan fingerprint density at radius 1 is 1.00 bits per heavy atom. The molecule has 8 heteroatoms. The maximum Gasteiger partial charge on any atom is 0.325 e. The number of benzene rings is 3. The quantitative estimate of drug-likeness (QED) is 0.365. The minimum atomic E-state index is -0.480. The van der Waals surface area contributed by atoms with Crippen LogP contribution in [0.3, 0.4) is 0 Å². The third-order valence-electron chi connectivity index (χ3n) is 4.65. The van der Waals surface area contributed by atoms with Gasteiger partial charge in [0, 0.05) is 10.6 Å². The Morgan fingerprint density at radius 3 is 2.35 bits per heavy atom. The van der Waals surface area contributed by atoms with Gasteiger partial charge in [-0.3, -0.25) is 9.59 Å². The molecule has 156 valence electrons. The number of amides is 1. The van der Waals surface area contributed by atoms with Crippen molar-refractivity contribution < 1.29 is 14.3 Å². The van der Waals surface area contributed by atoms with Gasteiger partial charge >= 0.3 is 5.97 Å². The Kier molecular flexibility index (Phi) is 6.23. The molecule has 0 aliphatic rings. The summed E-state index contributed by atoms with van der Waals surface area (Å²) in [4.78, 5) is 29.4. The van der Waals surface area contributed by atoms with E-state index in [2.05, 4.69) is 4.99 Å². The molecule has 4 rings (SSSR count). The summed E-state index contributed by atoms with van der Waals surface area (Å²) in [6.07, 6.45) is 0. The maximum absolute atomic E-state index is 12.8. The van der Waals surface area contributed by atoms with Gasteiger partial charge in [-0.15, -0.1) is 0 Å². The van der Waals surface area contributed by atoms with E-state index in [1.54, 1.807) is 28.8 Å². The molecule has 0 saturated carbocycles. The lowest BCUT2D eigenvalue weighted by molar-refractivity contribution is -0.141. The molecular formula is C23H16Cl2N2O3S. The van der Waals surface area contributed by atoms with Gasteiger partial charge in [-0.25, -0.2) is 0 Å². The van der Waals surface area contributed by atoms with E-state index in [-0.39, 0.29) is 6.54 Å². The number of hydrogen-bond acceptors (Lipinski definition) is 4. The zero-order valence-electron chi connectivity index (χ0n) is 16.3. The summed E-state index contributed by atoms with van der Waals surface area (Å²) in [7, 11) is 1.30. The van der Waals surface area contributed by atoms with Crippen molar-refractivity contribution in [3.63, 3.8) is 0 Å². The highest BCUT2D eigenvalue weighted by molar-refractivity contribution is 7.16. The van der Waals surface area contributed by atoms with Gasteiger partial charge in [0.15, 0.2) is 4.80 Å². The fourth-order valence-electron chi connectivity index (χ4n) is 3.14. The van der Waals surface area contributed by atoms with Crippen molar-refractivity contribution in [2.75, 3.05) is 7.11 Å². The number of hydrogen-bond donors (Lipinski definition) is 0. The van der Waals surface area contributed by atoms with E-state index in [0.29, 0.717) is 30.6 Å². The number of ether oxygens (including phenoxy) is 1. The monoisotopic (exact) mass is 470 g/mol. The van der Waals surface area contributed by atoms with Crippen molar-refractivity contribution in [2.24, 2.45) is 4.99 Å². The number of rotatable bonds is 4. The SMILES string of the molecule is COC(=O)Cn1c(=NC(=O)c2ccc(-c3ccccc3)cc2)sc2cc(Cl)cc(Cl)c21. The molecule has 0 aliphatic heterocycles. The zero-order chi connectivity index (χ0) is 22.0. The van der Waals surface area contributed by atoms with Gasteiger partial charge in [-0.2, -0.15) is 4.99 Å². The lowest BCUT2D eigenvalue weighted by atomic mass is 10.0. The zero-order valence-corrected chi connectivity index (χ0v) is 18.7. The average Bonchev–Trinajstić information content (AvgIpc) is 3.11. The van der Waals surface area contributed by atoms with Gasteiger partial charge in [0.1, 0.15) is 6.54 Å². The van der Waals surface area contributed by atoms with E-state index >= 15 is 0 Å². The molecule has 0 saturated heterocycles. The van der Waals surface area contributed by atoms with Crippen LogP contribution in [0.25, 0.3) is 21.3 Å². The summed E-state index contributed by atoms with van der Waals surface area (Å²) in [6.45, 7) is -0.128. The Balaban J connectivity index is 1.76. The number of halogens is 2. The summed E-state index contributed by atoms with van der Waals surface area (Å²) < 4.78 is 7.07. The Bertz CT molecular complexity index is 1340. The largest absolute Gasteiger partial charge is 0.468 e. The van der Waals surface area contributed by atoms with Crippen LogP contribution in [0, 0.1) is 0 Å². The number of nitrogens with zero attached hydrogens (tertiary/aromatic N) is 2. The fraction of sp³-hybridized carbons (Fsp3) is 0.0870. The molecule has 31 heavy (non-hydrogen) atoms.